The number of anilines is 3. The van der Waals surface area contributed by atoms with Gasteiger partial charge in [-0.15, -0.1) is 11.3 Å². The van der Waals surface area contributed by atoms with Crippen molar-refractivity contribution in [3.63, 3.8) is 0 Å². The summed E-state index contributed by atoms with van der Waals surface area (Å²) < 4.78 is 5.09. The summed E-state index contributed by atoms with van der Waals surface area (Å²) in [4.78, 5) is 2.49. The van der Waals surface area contributed by atoms with E-state index in [-0.39, 0.29) is 0 Å². The highest BCUT2D eigenvalue weighted by atomic mass is 32.1. The predicted molar refractivity (Wildman–Crippen MR) is 313 cm³/mol. The monoisotopic (exact) mass is 956 g/mol. The van der Waals surface area contributed by atoms with Crippen LogP contribution in [0.2, 0.25) is 0 Å². The number of para-hydroxylation sites is 1. The van der Waals surface area contributed by atoms with Crippen molar-refractivity contribution in [2.45, 2.75) is 5.41 Å². The first-order valence-electron chi connectivity index (χ1n) is 25.6. The first kappa shape index (κ1) is 41.3. The minimum absolute atomic E-state index is 0.462. The maximum absolute atomic E-state index is 2.51. The fourth-order valence-electron chi connectivity index (χ4n) is 13.1. The number of hydrogen-bond acceptors (Lipinski definition) is 2. The largest absolute Gasteiger partial charge is 0.310 e. The normalized spacial score (nSPS) is 13.0. The van der Waals surface area contributed by atoms with E-state index in [4.69, 9.17) is 0 Å². The number of hydrogen-bond donors (Lipinski definition) is 0. The van der Waals surface area contributed by atoms with E-state index in [0.717, 1.165) is 22.7 Å². The smallest absolute Gasteiger partial charge is 0.0726 e. The summed E-state index contributed by atoms with van der Waals surface area (Å²) in [6.45, 7) is 0. The number of nitrogens with zero attached hydrogens (tertiary/aromatic N) is 2. The summed E-state index contributed by atoms with van der Waals surface area (Å²) in [7, 11) is 0. The van der Waals surface area contributed by atoms with Crippen LogP contribution in [0.4, 0.5) is 17.1 Å². The van der Waals surface area contributed by atoms with Crippen LogP contribution in [0.3, 0.4) is 0 Å². The molecule has 0 fully saturated rings. The molecule has 0 N–H and O–H groups in total. The molecule has 0 unspecified atom stereocenters. The average molecular weight is 957 g/mol. The molecular weight excluding hydrogens is 913 g/mol. The van der Waals surface area contributed by atoms with Crippen LogP contribution in [0.1, 0.15) is 22.3 Å². The van der Waals surface area contributed by atoms with Crippen LogP contribution in [0.25, 0.3) is 103 Å². The van der Waals surface area contributed by atoms with Crippen molar-refractivity contribution in [1.29, 1.82) is 0 Å². The average Bonchev–Trinajstić information content (AvgIpc) is 4.20. The molecule has 74 heavy (non-hydrogen) atoms. The maximum Gasteiger partial charge on any atom is 0.0726 e. The van der Waals surface area contributed by atoms with Crippen molar-refractivity contribution in [3.05, 3.63) is 289 Å². The highest BCUT2D eigenvalue weighted by molar-refractivity contribution is 7.27. The zero-order valence-electron chi connectivity index (χ0n) is 40.2. The second-order valence-electron chi connectivity index (χ2n) is 19.9. The Labute approximate surface area is 432 Å². The van der Waals surface area contributed by atoms with E-state index >= 15 is 0 Å². The topological polar surface area (TPSA) is 8.17 Å². The SMILES string of the molecule is c1ccc(-c2ccc(N(c3ccc4c(c3)C3(c5ccccc5-c5ccccc53)c3ccccc3-4)c3ccc4sc5c(c4c3)c3ccccc3c3c5c4ccc(-c5ccccc5)cc4n3-c3ccccc3)cc2)cc1. The molecule has 3 heteroatoms. The van der Waals surface area contributed by atoms with Gasteiger partial charge in [-0.2, -0.15) is 0 Å². The minimum Gasteiger partial charge on any atom is -0.310 e. The second-order valence-corrected chi connectivity index (χ2v) is 20.9. The van der Waals surface area contributed by atoms with Crippen LogP contribution in [0.15, 0.2) is 267 Å². The molecule has 2 nitrogen and oxygen atoms in total. The molecule has 2 aromatic heterocycles. The summed E-state index contributed by atoms with van der Waals surface area (Å²) >= 11 is 1.92. The van der Waals surface area contributed by atoms with Crippen LogP contribution in [0.5, 0.6) is 0 Å². The lowest BCUT2D eigenvalue weighted by Gasteiger charge is -2.32. The van der Waals surface area contributed by atoms with Crippen molar-refractivity contribution >= 4 is 81.1 Å². The Kier molecular flexibility index (Phi) is 8.86. The summed E-state index contributed by atoms with van der Waals surface area (Å²) in [5, 5.41) is 7.63. The Morgan fingerprint density at radius 1 is 0.324 bits per heavy atom. The van der Waals surface area contributed by atoms with E-state index in [1.807, 2.05) is 11.3 Å². The predicted octanol–water partition coefficient (Wildman–Crippen LogP) is 19.5. The summed E-state index contributed by atoms with van der Waals surface area (Å²) in [5.41, 5.74) is 21.9. The van der Waals surface area contributed by atoms with Gasteiger partial charge in [0.1, 0.15) is 0 Å². The molecule has 14 aromatic rings. The van der Waals surface area contributed by atoms with Gasteiger partial charge in [-0.1, -0.05) is 206 Å². The summed E-state index contributed by atoms with van der Waals surface area (Å²) in [5.74, 6) is 0. The zero-order chi connectivity index (χ0) is 48.5. The highest BCUT2D eigenvalue weighted by Crippen LogP contribution is 2.63. The number of fused-ring (bicyclic) bond motifs is 20. The molecule has 0 atom stereocenters. The molecule has 0 saturated heterocycles. The van der Waals surface area contributed by atoms with Gasteiger partial charge in [0, 0.05) is 59.1 Å². The highest BCUT2D eigenvalue weighted by Gasteiger charge is 2.51. The van der Waals surface area contributed by atoms with E-state index in [1.165, 1.54) is 120 Å². The molecule has 2 aliphatic carbocycles. The summed E-state index contributed by atoms with van der Waals surface area (Å²) in [6.07, 6.45) is 0. The van der Waals surface area contributed by atoms with Gasteiger partial charge >= 0.3 is 0 Å². The Bertz CT molecular complexity index is 4520. The van der Waals surface area contributed by atoms with Crippen LogP contribution in [-0.2, 0) is 5.41 Å². The molecule has 1 spiro atoms. The molecule has 16 rings (SSSR count). The van der Waals surface area contributed by atoms with Crippen molar-refractivity contribution in [2.75, 3.05) is 4.90 Å². The van der Waals surface area contributed by atoms with Gasteiger partial charge in [0.05, 0.1) is 16.4 Å². The first-order chi connectivity index (χ1) is 36.7. The molecule has 344 valence electrons. The lowest BCUT2D eigenvalue weighted by atomic mass is 9.70. The van der Waals surface area contributed by atoms with Crippen molar-refractivity contribution in [1.82, 2.24) is 4.57 Å². The molecule has 0 bridgehead atoms. The van der Waals surface area contributed by atoms with Gasteiger partial charge in [-0.05, 0) is 133 Å². The molecular formula is C71H44N2S. The van der Waals surface area contributed by atoms with Crippen LogP contribution >= 0.6 is 11.3 Å². The van der Waals surface area contributed by atoms with E-state index in [0.29, 0.717) is 0 Å². The molecule has 2 heterocycles. The Morgan fingerprint density at radius 2 is 0.824 bits per heavy atom. The van der Waals surface area contributed by atoms with Gasteiger partial charge in [0.15, 0.2) is 0 Å². The van der Waals surface area contributed by atoms with Gasteiger partial charge in [-0.25, -0.2) is 0 Å². The van der Waals surface area contributed by atoms with Crippen molar-refractivity contribution in [3.8, 4) is 50.2 Å². The number of aromatic nitrogens is 1. The molecule has 0 saturated carbocycles. The number of thiophene rings is 1. The van der Waals surface area contributed by atoms with Crippen LogP contribution in [-0.4, -0.2) is 4.57 Å². The molecule has 0 aliphatic heterocycles. The lowest BCUT2D eigenvalue weighted by molar-refractivity contribution is 0.793. The van der Waals surface area contributed by atoms with E-state index < -0.39 is 5.41 Å². The summed E-state index contributed by atoms with van der Waals surface area (Å²) in [6, 6.07) is 99.4. The van der Waals surface area contributed by atoms with Crippen LogP contribution < -0.4 is 4.90 Å². The maximum atomic E-state index is 2.51. The van der Waals surface area contributed by atoms with Gasteiger partial charge in [-0.3, -0.25) is 0 Å². The van der Waals surface area contributed by atoms with E-state index in [9.17, 15) is 0 Å². The Morgan fingerprint density at radius 3 is 1.49 bits per heavy atom. The van der Waals surface area contributed by atoms with Crippen molar-refractivity contribution < 1.29 is 0 Å². The Balaban J connectivity index is 0.959. The fraction of sp³-hybridized carbons (Fsp3) is 0.0141. The Hall–Kier alpha value is -9.28. The van der Waals surface area contributed by atoms with Gasteiger partial charge in [0.25, 0.3) is 0 Å². The number of rotatable bonds is 6. The lowest BCUT2D eigenvalue weighted by Crippen LogP contribution is -2.26. The molecule has 0 radical (unpaired) electrons. The van der Waals surface area contributed by atoms with Gasteiger partial charge < -0.3 is 9.47 Å². The molecule has 12 aromatic carbocycles. The minimum atomic E-state index is -0.462. The third kappa shape index (κ3) is 5.76. The molecule has 2 aliphatic rings. The van der Waals surface area contributed by atoms with E-state index in [2.05, 4.69) is 276 Å². The fourth-order valence-corrected chi connectivity index (χ4v) is 14.4. The van der Waals surface area contributed by atoms with E-state index in [1.54, 1.807) is 0 Å². The van der Waals surface area contributed by atoms with Crippen molar-refractivity contribution in [2.24, 2.45) is 0 Å². The number of benzene rings is 12. The molecule has 0 amide bonds. The second kappa shape index (κ2) is 15.9. The third-order valence-electron chi connectivity index (χ3n) is 16.2. The standard InChI is InChI=1S/C71H44N2S/c1-4-18-45(19-5-1)47-32-35-50(36-33-47)72(52-37-40-56-55-26-14-17-31-63(55)71(64(56)44-52)61-29-15-12-24-53(61)54-25-13-16-30-62(54)71)51-38-41-66-60(43-51)67-57-27-10-11-28-58(57)69-68(70(67)74-66)59-39-34-48(46-20-6-2-7-21-46)42-65(59)73(69)49-22-8-3-9-23-49/h1-44H. The third-order valence-corrected chi connectivity index (χ3v) is 17.4. The quantitative estimate of drug-likeness (QED) is 0.161. The van der Waals surface area contributed by atoms with Gasteiger partial charge in [0.2, 0.25) is 0 Å². The first-order valence-corrected chi connectivity index (χ1v) is 26.4. The zero-order valence-corrected chi connectivity index (χ0v) is 41.0. The van der Waals surface area contributed by atoms with Crippen LogP contribution in [0, 0.1) is 0 Å².